The van der Waals surface area contributed by atoms with Crippen LogP contribution in [0.15, 0.2) is 0 Å². The third kappa shape index (κ3) is 3.74. The van der Waals surface area contributed by atoms with Gasteiger partial charge >= 0.3 is 0 Å². The quantitative estimate of drug-likeness (QED) is 0.664. The van der Waals surface area contributed by atoms with Gasteiger partial charge < -0.3 is 15.4 Å². The zero-order chi connectivity index (χ0) is 10.4. The van der Waals surface area contributed by atoms with Crippen molar-refractivity contribution in [2.45, 2.75) is 19.9 Å². The number of nitrogens with two attached hydrogens (primary N) is 1. The Hall–Kier alpha value is -0.610. The monoisotopic (exact) mass is 188 g/mol. The van der Waals surface area contributed by atoms with Crippen LogP contribution >= 0.6 is 0 Å². The van der Waals surface area contributed by atoms with Gasteiger partial charge in [-0.15, -0.1) is 0 Å². The predicted molar refractivity (Wildman–Crippen MR) is 52.3 cm³/mol. The van der Waals surface area contributed by atoms with Gasteiger partial charge in [0.15, 0.2) is 0 Å². The Bertz CT molecular complexity index is 162. The van der Waals surface area contributed by atoms with E-state index in [0.29, 0.717) is 13.2 Å². The lowest BCUT2D eigenvalue weighted by molar-refractivity contribution is -0.136. The maximum atomic E-state index is 11.6. The standard InChI is InChI=1S/C9H20N2O2/c1-7(5-10)9(12)11(3)8(2)6-13-4/h7-8H,5-6,10H2,1-4H3. The second-order valence-electron chi connectivity index (χ2n) is 3.39. The van der Waals surface area contributed by atoms with E-state index in [0.717, 1.165) is 0 Å². The normalized spacial score (nSPS) is 15.2. The average molecular weight is 188 g/mol. The molecule has 4 nitrogen and oxygen atoms in total. The summed E-state index contributed by atoms with van der Waals surface area (Å²) >= 11 is 0. The highest BCUT2D eigenvalue weighted by Gasteiger charge is 2.19. The zero-order valence-corrected chi connectivity index (χ0v) is 8.91. The summed E-state index contributed by atoms with van der Waals surface area (Å²) in [5, 5.41) is 0. The molecular weight excluding hydrogens is 168 g/mol. The van der Waals surface area contributed by atoms with Gasteiger partial charge in [-0.2, -0.15) is 0 Å². The summed E-state index contributed by atoms with van der Waals surface area (Å²) in [7, 11) is 3.40. The lowest BCUT2D eigenvalue weighted by Crippen LogP contribution is -2.42. The number of nitrogens with zero attached hydrogens (tertiary/aromatic N) is 1. The van der Waals surface area contributed by atoms with Gasteiger partial charge in [0, 0.05) is 26.6 Å². The zero-order valence-electron chi connectivity index (χ0n) is 8.91. The SMILES string of the molecule is COCC(C)N(C)C(=O)C(C)CN. The number of hydrogen-bond donors (Lipinski definition) is 1. The molecule has 0 aliphatic carbocycles. The summed E-state index contributed by atoms with van der Waals surface area (Å²) in [6, 6.07) is 0.103. The maximum Gasteiger partial charge on any atom is 0.226 e. The van der Waals surface area contributed by atoms with Crippen LogP contribution in [0.2, 0.25) is 0 Å². The summed E-state index contributed by atoms with van der Waals surface area (Å²) in [6.45, 7) is 4.73. The molecule has 0 rings (SSSR count). The molecule has 0 aromatic carbocycles. The summed E-state index contributed by atoms with van der Waals surface area (Å²) < 4.78 is 4.96. The van der Waals surface area contributed by atoms with E-state index in [1.165, 1.54) is 0 Å². The smallest absolute Gasteiger partial charge is 0.226 e. The Morgan fingerprint density at radius 2 is 2.08 bits per heavy atom. The van der Waals surface area contributed by atoms with E-state index < -0.39 is 0 Å². The summed E-state index contributed by atoms with van der Waals surface area (Å²) in [6.07, 6.45) is 0. The average Bonchev–Trinajstić information content (AvgIpc) is 2.14. The highest BCUT2D eigenvalue weighted by molar-refractivity contribution is 5.78. The van der Waals surface area contributed by atoms with Crippen LogP contribution in [0.25, 0.3) is 0 Å². The van der Waals surface area contributed by atoms with E-state index in [1.807, 2.05) is 13.8 Å². The number of hydrogen-bond acceptors (Lipinski definition) is 3. The number of rotatable bonds is 5. The van der Waals surface area contributed by atoms with E-state index in [-0.39, 0.29) is 17.9 Å². The molecule has 2 atom stereocenters. The van der Waals surface area contributed by atoms with Crippen LogP contribution in [-0.2, 0) is 9.53 Å². The molecule has 0 aromatic heterocycles. The Labute approximate surface area is 80.0 Å². The van der Waals surface area contributed by atoms with Crippen LogP contribution in [0, 0.1) is 5.92 Å². The highest BCUT2D eigenvalue weighted by atomic mass is 16.5. The topological polar surface area (TPSA) is 55.6 Å². The van der Waals surface area contributed by atoms with Gasteiger partial charge in [0.25, 0.3) is 0 Å². The van der Waals surface area contributed by atoms with Crippen LogP contribution in [0.3, 0.4) is 0 Å². The predicted octanol–water partition coefficient (Wildman–Crippen LogP) is 0.0745. The van der Waals surface area contributed by atoms with Gasteiger partial charge in [0.2, 0.25) is 5.91 Å². The first-order valence-corrected chi connectivity index (χ1v) is 4.50. The molecule has 13 heavy (non-hydrogen) atoms. The fourth-order valence-electron chi connectivity index (χ4n) is 1.02. The van der Waals surface area contributed by atoms with Gasteiger partial charge in [0.1, 0.15) is 0 Å². The molecule has 2 unspecified atom stereocenters. The van der Waals surface area contributed by atoms with Gasteiger partial charge in [-0.25, -0.2) is 0 Å². The third-order valence-corrected chi connectivity index (χ3v) is 2.19. The van der Waals surface area contributed by atoms with Crippen molar-refractivity contribution in [3.8, 4) is 0 Å². The molecule has 0 heterocycles. The Kier molecular flexibility index (Phi) is 5.66. The molecule has 78 valence electrons. The molecule has 0 aromatic rings. The van der Waals surface area contributed by atoms with Crippen molar-refractivity contribution in [3.05, 3.63) is 0 Å². The first-order valence-electron chi connectivity index (χ1n) is 4.50. The molecule has 0 aliphatic heterocycles. The number of methoxy groups -OCH3 is 1. The lowest BCUT2D eigenvalue weighted by Gasteiger charge is -2.26. The van der Waals surface area contributed by atoms with Gasteiger partial charge in [-0.3, -0.25) is 4.79 Å². The molecular formula is C9H20N2O2. The Morgan fingerprint density at radius 3 is 2.46 bits per heavy atom. The first kappa shape index (κ1) is 12.4. The molecule has 0 saturated carbocycles. The largest absolute Gasteiger partial charge is 0.383 e. The number of ether oxygens (including phenoxy) is 1. The number of carbonyl (C=O) groups is 1. The first-order chi connectivity index (χ1) is 6.04. The molecule has 0 fully saturated rings. The minimum absolute atomic E-state index is 0.0760. The minimum atomic E-state index is -0.107. The van der Waals surface area contributed by atoms with E-state index >= 15 is 0 Å². The second kappa shape index (κ2) is 5.94. The van der Waals surface area contributed by atoms with Crippen LogP contribution in [0.4, 0.5) is 0 Å². The molecule has 0 aliphatic rings. The van der Waals surface area contributed by atoms with Crippen LogP contribution in [-0.4, -0.2) is 44.2 Å². The third-order valence-electron chi connectivity index (χ3n) is 2.19. The molecule has 0 bridgehead atoms. The van der Waals surface area contributed by atoms with Crippen LogP contribution in [0.5, 0.6) is 0 Å². The molecule has 4 heteroatoms. The van der Waals surface area contributed by atoms with E-state index in [1.54, 1.807) is 19.1 Å². The molecule has 1 amide bonds. The number of amides is 1. The summed E-state index contributed by atoms with van der Waals surface area (Å²) in [5.41, 5.74) is 5.41. The van der Waals surface area contributed by atoms with E-state index in [4.69, 9.17) is 10.5 Å². The van der Waals surface area contributed by atoms with Crippen molar-refractivity contribution in [2.24, 2.45) is 11.7 Å². The van der Waals surface area contributed by atoms with Crippen molar-refractivity contribution in [3.63, 3.8) is 0 Å². The van der Waals surface area contributed by atoms with Crippen molar-refractivity contribution in [1.82, 2.24) is 4.90 Å². The second-order valence-corrected chi connectivity index (χ2v) is 3.39. The van der Waals surface area contributed by atoms with E-state index in [2.05, 4.69) is 0 Å². The Morgan fingerprint density at radius 1 is 1.54 bits per heavy atom. The fourth-order valence-corrected chi connectivity index (χ4v) is 1.02. The van der Waals surface area contributed by atoms with Crippen LogP contribution in [0.1, 0.15) is 13.8 Å². The van der Waals surface area contributed by atoms with Crippen molar-refractivity contribution >= 4 is 5.91 Å². The van der Waals surface area contributed by atoms with Crippen molar-refractivity contribution in [2.75, 3.05) is 27.3 Å². The molecule has 0 saturated heterocycles. The summed E-state index contributed by atoms with van der Waals surface area (Å²) in [4.78, 5) is 13.3. The van der Waals surface area contributed by atoms with Crippen molar-refractivity contribution in [1.29, 1.82) is 0 Å². The lowest BCUT2D eigenvalue weighted by atomic mass is 10.1. The molecule has 2 N–H and O–H groups in total. The number of likely N-dealkylation sites (N-methyl/N-ethyl adjacent to an activating group) is 1. The van der Waals surface area contributed by atoms with Crippen LogP contribution < -0.4 is 5.73 Å². The number of carbonyl (C=O) groups excluding carboxylic acids is 1. The Balaban J connectivity index is 4.08. The highest BCUT2D eigenvalue weighted by Crippen LogP contribution is 2.03. The van der Waals surface area contributed by atoms with Gasteiger partial charge in [-0.05, 0) is 6.92 Å². The molecule has 0 radical (unpaired) electrons. The molecule has 0 spiro atoms. The summed E-state index contributed by atoms with van der Waals surface area (Å²) in [5.74, 6) is -0.0312. The van der Waals surface area contributed by atoms with Gasteiger partial charge in [-0.1, -0.05) is 6.92 Å². The van der Waals surface area contributed by atoms with Gasteiger partial charge in [0.05, 0.1) is 12.6 Å². The maximum absolute atomic E-state index is 11.6. The van der Waals surface area contributed by atoms with Crippen molar-refractivity contribution < 1.29 is 9.53 Å². The fraction of sp³-hybridized carbons (Fsp3) is 0.889. The minimum Gasteiger partial charge on any atom is -0.383 e. The van der Waals surface area contributed by atoms with E-state index in [9.17, 15) is 4.79 Å².